The number of rotatable bonds is 5. The summed E-state index contributed by atoms with van der Waals surface area (Å²) in [4.78, 5) is 16.1. The van der Waals surface area contributed by atoms with E-state index in [0.717, 1.165) is 58.1 Å². The van der Waals surface area contributed by atoms with E-state index in [2.05, 4.69) is 97.5 Å². The first-order valence-electron chi connectivity index (χ1n) is 13.6. The second-order valence-corrected chi connectivity index (χ2v) is 10.1. The Hall–Kier alpha value is -4.58. The maximum Gasteiger partial charge on any atom is 0.322 e. The summed E-state index contributed by atoms with van der Waals surface area (Å²) in [6, 6.07) is 30.5. The Bertz CT molecular complexity index is 1610. The third-order valence-corrected chi connectivity index (χ3v) is 7.54. The molecule has 1 aliphatic heterocycles. The molecule has 196 valence electrons. The van der Waals surface area contributed by atoms with Gasteiger partial charge >= 0.3 is 6.03 Å². The van der Waals surface area contributed by atoms with Crippen molar-refractivity contribution in [3.63, 3.8) is 0 Å². The summed E-state index contributed by atoms with van der Waals surface area (Å²) in [5.74, 6) is 0.985. The molecule has 0 bridgehead atoms. The molecule has 39 heavy (non-hydrogen) atoms. The van der Waals surface area contributed by atoms with Gasteiger partial charge in [0.05, 0.1) is 29.7 Å². The van der Waals surface area contributed by atoms with E-state index >= 15 is 0 Å². The largest absolute Gasteiger partial charge is 0.322 e. The molecule has 0 saturated carbocycles. The molecule has 1 aliphatic rings. The summed E-state index contributed by atoms with van der Waals surface area (Å²) in [6.07, 6.45) is 3.81. The number of carbonyl (C=O) groups is 1. The second kappa shape index (κ2) is 10.3. The predicted octanol–water partition coefficient (Wildman–Crippen LogP) is 7.23. The van der Waals surface area contributed by atoms with Gasteiger partial charge in [0.1, 0.15) is 5.82 Å². The molecule has 0 aliphatic carbocycles. The molecule has 3 heterocycles. The summed E-state index contributed by atoms with van der Waals surface area (Å²) < 4.78 is 4.24. The van der Waals surface area contributed by atoms with Crippen molar-refractivity contribution in [3.8, 4) is 11.5 Å². The van der Waals surface area contributed by atoms with Crippen molar-refractivity contribution in [2.24, 2.45) is 0 Å². The number of para-hydroxylation sites is 1. The molecule has 0 spiro atoms. The van der Waals surface area contributed by atoms with E-state index in [-0.39, 0.29) is 12.1 Å². The number of anilines is 1. The van der Waals surface area contributed by atoms with Crippen molar-refractivity contribution in [3.05, 3.63) is 131 Å². The van der Waals surface area contributed by atoms with Gasteiger partial charge in [0.2, 0.25) is 0 Å². The Balaban J connectivity index is 1.53. The summed E-state index contributed by atoms with van der Waals surface area (Å²) in [5, 5.41) is 8.23. The number of nitrogens with one attached hydrogen (secondary N) is 1. The average Bonchev–Trinajstić information content (AvgIpc) is 3.55. The van der Waals surface area contributed by atoms with Crippen LogP contribution in [0.15, 0.2) is 97.2 Å². The van der Waals surface area contributed by atoms with Crippen molar-refractivity contribution < 1.29 is 4.79 Å². The highest BCUT2D eigenvalue weighted by Crippen LogP contribution is 2.39. The number of hydrogen-bond donors (Lipinski definition) is 1. The maximum atomic E-state index is 14.1. The van der Waals surface area contributed by atoms with Gasteiger partial charge in [-0.25, -0.2) is 9.48 Å². The molecule has 0 saturated heterocycles. The fourth-order valence-electron chi connectivity index (χ4n) is 5.56. The molecule has 2 aromatic heterocycles. The van der Waals surface area contributed by atoms with Crippen LogP contribution in [-0.2, 0) is 19.4 Å². The van der Waals surface area contributed by atoms with Gasteiger partial charge in [0.25, 0.3) is 0 Å². The first-order valence-corrected chi connectivity index (χ1v) is 13.6. The summed E-state index contributed by atoms with van der Waals surface area (Å²) in [7, 11) is 0. The van der Waals surface area contributed by atoms with E-state index < -0.39 is 0 Å². The average molecular weight is 516 g/mol. The molecule has 2 amide bonds. The van der Waals surface area contributed by atoms with E-state index in [9.17, 15) is 4.79 Å². The highest BCUT2D eigenvalue weighted by molar-refractivity contribution is 5.90. The van der Waals surface area contributed by atoms with Crippen LogP contribution in [0.3, 0.4) is 0 Å². The summed E-state index contributed by atoms with van der Waals surface area (Å²) in [5.41, 5.74) is 8.33. The fraction of sp³-hybridized carbons (Fsp3) is 0.212. The summed E-state index contributed by atoms with van der Waals surface area (Å²) >= 11 is 0. The van der Waals surface area contributed by atoms with Crippen molar-refractivity contribution in [1.82, 2.24) is 19.2 Å². The molecule has 6 nitrogen and oxygen atoms in total. The van der Waals surface area contributed by atoms with E-state index in [0.29, 0.717) is 6.54 Å². The van der Waals surface area contributed by atoms with Crippen molar-refractivity contribution in [2.75, 3.05) is 5.32 Å². The highest BCUT2D eigenvalue weighted by atomic mass is 16.2. The molecular formula is C33H33N5O. The van der Waals surface area contributed by atoms with Crippen molar-refractivity contribution in [1.29, 1.82) is 0 Å². The number of benzene rings is 3. The standard InChI is InChI=1S/C33H33N5O/c1-4-24-16-18-26(19-17-24)34-33(39)37-22-28-29(5-2)35-38(27-13-7-6-8-14-27)32(28)36-20-10-15-30(36)31(37)25-12-9-11-23(3)21-25/h6-21,31H,4-5,22H2,1-3H3,(H,34,39). The van der Waals surface area contributed by atoms with Crippen LogP contribution < -0.4 is 5.32 Å². The SMILES string of the molecule is CCc1ccc(NC(=O)N2Cc3c(CC)nn(-c4ccccc4)c3-n3cccc3C2c2cccc(C)c2)cc1. The third kappa shape index (κ3) is 4.52. The van der Waals surface area contributed by atoms with Gasteiger partial charge in [-0.1, -0.05) is 74.0 Å². The van der Waals surface area contributed by atoms with Gasteiger partial charge < -0.3 is 14.8 Å². The number of amides is 2. The highest BCUT2D eigenvalue weighted by Gasteiger charge is 2.36. The fourth-order valence-corrected chi connectivity index (χ4v) is 5.56. The Labute approximate surface area is 229 Å². The van der Waals surface area contributed by atoms with Crippen LogP contribution in [-0.4, -0.2) is 25.3 Å². The molecule has 5 aromatic rings. The zero-order valence-corrected chi connectivity index (χ0v) is 22.6. The lowest BCUT2D eigenvalue weighted by Gasteiger charge is -2.31. The van der Waals surface area contributed by atoms with Gasteiger partial charge in [0, 0.05) is 17.4 Å². The number of aromatic nitrogens is 3. The number of nitrogens with zero attached hydrogens (tertiary/aromatic N) is 4. The Morgan fingerprint density at radius 3 is 2.44 bits per heavy atom. The van der Waals surface area contributed by atoms with E-state index in [1.54, 1.807) is 0 Å². The molecule has 6 heteroatoms. The van der Waals surface area contributed by atoms with Crippen LogP contribution in [0.5, 0.6) is 0 Å². The molecule has 0 radical (unpaired) electrons. The van der Waals surface area contributed by atoms with Gasteiger partial charge in [-0.2, -0.15) is 5.10 Å². The van der Waals surface area contributed by atoms with Crippen LogP contribution in [0.4, 0.5) is 10.5 Å². The van der Waals surface area contributed by atoms with E-state index in [1.807, 2.05) is 39.9 Å². The topological polar surface area (TPSA) is 55.1 Å². The molecular weight excluding hydrogens is 482 g/mol. The van der Waals surface area contributed by atoms with Crippen molar-refractivity contribution in [2.45, 2.75) is 46.2 Å². The Morgan fingerprint density at radius 2 is 1.72 bits per heavy atom. The number of fused-ring (bicyclic) bond motifs is 3. The van der Waals surface area contributed by atoms with Crippen molar-refractivity contribution >= 4 is 11.7 Å². The van der Waals surface area contributed by atoms with Crippen LogP contribution >= 0.6 is 0 Å². The normalized spacial score (nSPS) is 14.4. The second-order valence-electron chi connectivity index (χ2n) is 10.1. The monoisotopic (exact) mass is 515 g/mol. The van der Waals surface area contributed by atoms with Gasteiger partial charge in [0.15, 0.2) is 0 Å². The Morgan fingerprint density at radius 1 is 0.923 bits per heavy atom. The minimum Gasteiger partial charge on any atom is -0.308 e. The number of carbonyl (C=O) groups excluding carboxylic acids is 1. The maximum absolute atomic E-state index is 14.1. The lowest BCUT2D eigenvalue weighted by atomic mass is 10.00. The van der Waals surface area contributed by atoms with Gasteiger partial charge in [-0.3, -0.25) is 0 Å². The van der Waals surface area contributed by atoms with Crippen LogP contribution in [0.1, 0.15) is 53.5 Å². The van der Waals surface area contributed by atoms with E-state index in [4.69, 9.17) is 5.10 Å². The number of aryl methyl sites for hydroxylation is 3. The lowest BCUT2D eigenvalue weighted by Crippen LogP contribution is -2.38. The molecule has 1 atom stereocenters. The number of hydrogen-bond acceptors (Lipinski definition) is 2. The lowest BCUT2D eigenvalue weighted by molar-refractivity contribution is 0.194. The van der Waals surface area contributed by atoms with Gasteiger partial charge in [-0.05, 0) is 67.3 Å². The number of urea groups is 1. The zero-order chi connectivity index (χ0) is 26.9. The quantitative estimate of drug-likeness (QED) is 0.268. The van der Waals surface area contributed by atoms with Crippen LogP contribution in [0.2, 0.25) is 0 Å². The third-order valence-electron chi connectivity index (χ3n) is 7.54. The zero-order valence-electron chi connectivity index (χ0n) is 22.6. The first kappa shape index (κ1) is 24.7. The van der Waals surface area contributed by atoms with Gasteiger partial charge in [-0.15, -0.1) is 0 Å². The molecule has 0 fully saturated rings. The minimum absolute atomic E-state index is 0.138. The molecule has 6 rings (SSSR count). The smallest absolute Gasteiger partial charge is 0.308 e. The van der Waals surface area contributed by atoms with E-state index in [1.165, 1.54) is 5.56 Å². The molecule has 1 unspecified atom stereocenters. The summed E-state index contributed by atoms with van der Waals surface area (Å²) in [6.45, 7) is 6.78. The first-order chi connectivity index (χ1) is 19.1. The predicted molar refractivity (Wildman–Crippen MR) is 156 cm³/mol. The molecule has 3 aromatic carbocycles. The Kier molecular flexibility index (Phi) is 6.53. The minimum atomic E-state index is -0.281. The molecule has 1 N–H and O–H groups in total. The van der Waals surface area contributed by atoms with Crippen LogP contribution in [0, 0.1) is 6.92 Å². The van der Waals surface area contributed by atoms with Crippen LogP contribution in [0.25, 0.3) is 11.5 Å².